The van der Waals surface area contributed by atoms with Gasteiger partial charge in [0, 0.05) is 19.1 Å². The van der Waals surface area contributed by atoms with Gasteiger partial charge in [-0.05, 0) is 69.7 Å². The Morgan fingerprint density at radius 3 is 2.54 bits per heavy atom. The van der Waals surface area contributed by atoms with E-state index in [1.165, 1.54) is 12.1 Å². The quantitative estimate of drug-likeness (QED) is 0.525. The minimum Gasteiger partial charge on any atom is -0.477 e. The van der Waals surface area contributed by atoms with Crippen LogP contribution < -0.4 is 5.32 Å². The molecular weight excluding hydrogens is 468 g/mol. The maximum atomic E-state index is 12.9. The Bertz CT molecular complexity index is 1310. The summed E-state index contributed by atoms with van der Waals surface area (Å²) in [7, 11) is 0. The van der Waals surface area contributed by atoms with Crippen LogP contribution in [0.3, 0.4) is 0 Å². The molecule has 0 unspecified atom stereocenters. The molecule has 1 aliphatic carbocycles. The van der Waals surface area contributed by atoms with Gasteiger partial charge in [0.2, 0.25) is 5.95 Å². The number of carboxylic acid groups (broad SMARTS) is 1. The Morgan fingerprint density at radius 2 is 1.86 bits per heavy atom. The molecule has 9 nitrogen and oxygen atoms in total. The standard InChI is InChI=1S/C25H28N4O5S/c1-24(2,3)34-23(33)28-11-10-25(14-28)12-15(13-25)29-17-7-5-4-6-16(17)26-22(29)27-20(30)18-8-9-19(35-18)21(31)32/h4-9,15H,10-14H2,1-3H3,(H,31,32)(H,26,27,30). The predicted molar refractivity (Wildman–Crippen MR) is 132 cm³/mol. The van der Waals surface area contributed by atoms with Gasteiger partial charge in [0.1, 0.15) is 10.5 Å². The van der Waals surface area contributed by atoms with Crippen molar-refractivity contribution in [2.75, 3.05) is 18.4 Å². The van der Waals surface area contributed by atoms with Crippen LogP contribution in [0.25, 0.3) is 11.0 Å². The van der Waals surface area contributed by atoms with E-state index in [2.05, 4.69) is 14.9 Å². The van der Waals surface area contributed by atoms with Gasteiger partial charge in [-0.1, -0.05) is 12.1 Å². The largest absolute Gasteiger partial charge is 0.477 e. The molecule has 0 bridgehead atoms. The number of carbonyl (C=O) groups is 3. The van der Waals surface area contributed by atoms with Gasteiger partial charge in [-0.25, -0.2) is 14.6 Å². The van der Waals surface area contributed by atoms with Crippen LogP contribution in [0, 0.1) is 5.41 Å². The molecule has 0 atom stereocenters. The van der Waals surface area contributed by atoms with Crippen molar-refractivity contribution in [3.63, 3.8) is 0 Å². The molecule has 3 heterocycles. The minimum absolute atomic E-state index is 0.0400. The molecule has 184 valence electrons. The summed E-state index contributed by atoms with van der Waals surface area (Å²) in [4.78, 5) is 43.5. The molecule has 1 saturated heterocycles. The Morgan fingerprint density at radius 1 is 1.14 bits per heavy atom. The lowest BCUT2D eigenvalue weighted by Gasteiger charge is -2.46. The van der Waals surface area contributed by atoms with Gasteiger partial charge in [-0.2, -0.15) is 0 Å². The fourth-order valence-corrected chi connectivity index (χ4v) is 5.85. The SMILES string of the molecule is CC(C)(C)OC(=O)N1CCC2(CC(n3c(NC(=O)c4ccc(C(=O)O)s4)nc4ccccc43)C2)C1. The van der Waals surface area contributed by atoms with Gasteiger partial charge in [-0.15, -0.1) is 11.3 Å². The van der Waals surface area contributed by atoms with Gasteiger partial charge >= 0.3 is 12.1 Å². The second-order valence-corrected chi connectivity index (χ2v) is 11.5. The summed E-state index contributed by atoms with van der Waals surface area (Å²) in [5.74, 6) is -0.994. The Kier molecular flexibility index (Phi) is 5.58. The van der Waals surface area contributed by atoms with E-state index >= 15 is 0 Å². The van der Waals surface area contributed by atoms with Crippen LogP contribution >= 0.6 is 11.3 Å². The van der Waals surface area contributed by atoms with E-state index in [9.17, 15) is 14.4 Å². The van der Waals surface area contributed by atoms with Crippen molar-refractivity contribution in [3.05, 3.63) is 46.2 Å². The number of likely N-dealkylation sites (tertiary alicyclic amines) is 1. The molecule has 2 aromatic heterocycles. The minimum atomic E-state index is -1.06. The number of aromatic nitrogens is 2. The Hall–Kier alpha value is -3.40. The zero-order valence-corrected chi connectivity index (χ0v) is 20.7. The second kappa shape index (κ2) is 8.37. The van der Waals surface area contributed by atoms with Crippen molar-refractivity contribution in [2.45, 2.75) is 51.7 Å². The number of anilines is 1. The topological polar surface area (TPSA) is 114 Å². The second-order valence-electron chi connectivity index (χ2n) is 10.4. The molecule has 2 aliphatic rings. The molecule has 5 rings (SSSR count). The number of carbonyl (C=O) groups excluding carboxylic acids is 2. The van der Waals surface area contributed by atoms with Crippen LogP contribution in [-0.4, -0.2) is 56.2 Å². The van der Waals surface area contributed by atoms with Crippen molar-refractivity contribution >= 4 is 46.3 Å². The zero-order valence-electron chi connectivity index (χ0n) is 19.9. The molecule has 1 aliphatic heterocycles. The zero-order chi connectivity index (χ0) is 25.0. The normalized spacial score (nSPS) is 21.8. The number of aromatic carboxylic acids is 1. The number of ether oxygens (including phenoxy) is 1. The highest BCUT2D eigenvalue weighted by atomic mass is 32.1. The van der Waals surface area contributed by atoms with Gasteiger partial charge in [-0.3, -0.25) is 10.1 Å². The highest BCUT2D eigenvalue weighted by Gasteiger charge is 2.51. The molecule has 35 heavy (non-hydrogen) atoms. The van der Waals surface area contributed by atoms with Crippen molar-refractivity contribution < 1.29 is 24.2 Å². The summed E-state index contributed by atoms with van der Waals surface area (Å²) in [6, 6.07) is 10.8. The summed E-state index contributed by atoms with van der Waals surface area (Å²) in [6.07, 6.45) is 2.40. The van der Waals surface area contributed by atoms with Crippen LogP contribution in [0.1, 0.15) is 65.4 Å². The third-order valence-corrected chi connectivity index (χ3v) is 7.73. The number of hydrogen-bond acceptors (Lipinski definition) is 6. The first kappa shape index (κ1) is 23.3. The molecule has 1 aromatic carbocycles. The van der Waals surface area contributed by atoms with Crippen molar-refractivity contribution in [3.8, 4) is 0 Å². The van der Waals surface area contributed by atoms with Gasteiger partial charge in [0.25, 0.3) is 5.91 Å². The average Bonchev–Trinajstić information content (AvgIpc) is 3.48. The number of imidazole rings is 1. The number of nitrogens with one attached hydrogen (secondary N) is 1. The fourth-order valence-electron chi connectivity index (χ4n) is 5.11. The molecule has 2 N–H and O–H groups in total. The number of thiophene rings is 1. The number of benzene rings is 1. The summed E-state index contributed by atoms with van der Waals surface area (Å²) in [6.45, 7) is 6.96. The number of nitrogens with zero attached hydrogens (tertiary/aromatic N) is 3. The first-order valence-corrected chi connectivity index (χ1v) is 12.4. The molecule has 2 amide bonds. The monoisotopic (exact) mass is 496 g/mol. The number of para-hydroxylation sites is 2. The van der Waals surface area contributed by atoms with Crippen LogP contribution in [0.2, 0.25) is 0 Å². The molecular formula is C25H28N4O5S. The lowest BCUT2D eigenvalue weighted by atomic mass is 9.65. The van der Waals surface area contributed by atoms with Crippen molar-refractivity contribution in [1.82, 2.24) is 14.5 Å². The first-order valence-electron chi connectivity index (χ1n) is 11.6. The van der Waals surface area contributed by atoms with Crippen molar-refractivity contribution in [1.29, 1.82) is 0 Å². The van der Waals surface area contributed by atoms with E-state index in [4.69, 9.17) is 9.84 Å². The third kappa shape index (κ3) is 4.50. The predicted octanol–water partition coefficient (Wildman–Crippen LogP) is 5.01. The maximum absolute atomic E-state index is 12.9. The number of rotatable bonds is 4. The van der Waals surface area contributed by atoms with Gasteiger partial charge in [0.15, 0.2) is 0 Å². The average molecular weight is 497 g/mol. The highest BCUT2D eigenvalue weighted by molar-refractivity contribution is 7.15. The van der Waals surface area contributed by atoms with E-state index in [1.54, 1.807) is 4.90 Å². The van der Waals surface area contributed by atoms with Crippen LogP contribution in [0.15, 0.2) is 36.4 Å². The summed E-state index contributed by atoms with van der Waals surface area (Å²) in [5, 5.41) is 12.1. The van der Waals surface area contributed by atoms with E-state index in [-0.39, 0.29) is 28.3 Å². The van der Waals surface area contributed by atoms with Crippen molar-refractivity contribution in [2.24, 2.45) is 5.41 Å². The van der Waals surface area contributed by atoms with E-state index < -0.39 is 11.6 Å². The van der Waals surface area contributed by atoms with E-state index in [0.717, 1.165) is 41.6 Å². The molecule has 3 aromatic rings. The molecule has 1 saturated carbocycles. The van der Waals surface area contributed by atoms with Gasteiger partial charge in [0.05, 0.1) is 15.9 Å². The summed E-state index contributed by atoms with van der Waals surface area (Å²) < 4.78 is 7.62. The molecule has 10 heteroatoms. The number of carboxylic acids is 1. The Labute approximate surface area is 206 Å². The first-order chi connectivity index (χ1) is 16.5. The van der Waals surface area contributed by atoms with Crippen LogP contribution in [0.4, 0.5) is 10.7 Å². The fraction of sp³-hybridized carbons (Fsp3) is 0.440. The summed E-state index contributed by atoms with van der Waals surface area (Å²) in [5.41, 5.74) is 1.23. The molecule has 1 spiro atoms. The van der Waals surface area contributed by atoms with E-state index in [1.807, 2.05) is 45.0 Å². The lowest BCUT2D eigenvalue weighted by Crippen LogP contribution is -2.43. The van der Waals surface area contributed by atoms with E-state index in [0.29, 0.717) is 23.9 Å². The summed E-state index contributed by atoms with van der Waals surface area (Å²) >= 11 is 0.933. The molecule has 0 radical (unpaired) electrons. The maximum Gasteiger partial charge on any atom is 0.410 e. The highest BCUT2D eigenvalue weighted by Crippen LogP contribution is 2.55. The third-order valence-electron chi connectivity index (χ3n) is 6.65. The smallest absolute Gasteiger partial charge is 0.410 e. The number of fused-ring (bicyclic) bond motifs is 1. The number of hydrogen-bond donors (Lipinski definition) is 2. The Balaban J connectivity index is 1.34. The number of amides is 2. The molecule has 2 fully saturated rings. The van der Waals surface area contributed by atoms with Crippen LogP contribution in [-0.2, 0) is 4.74 Å². The lowest BCUT2D eigenvalue weighted by molar-refractivity contribution is 0.0199. The van der Waals surface area contributed by atoms with Gasteiger partial charge < -0.3 is 19.3 Å². The van der Waals surface area contributed by atoms with Crippen LogP contribution in [0.5, 0.6) is 0 Å².